The summed E-state index contributed by atoms with van der Waals surface area (Å²) >= 11 is 0. The molecule has 1 fully saturated rings. The molecule has 136 valence electrons. The largest absolute Gasteiger partial charge is 0.497 e. The number of methoxy groups -OCH3 is 1. The number of imidazole rings is 1. The molecule has 6 heteroatoms. The summed E-state index contributed by atoms with van der Waals surface area (Å²) in [5.74, 6) is 1.33. The van der Waals surface area contributed by atoms with Gasteiger partial charge in [-0.1, -0.05) is 6.92 Å². The van der Waals surface area contributed by atoms with E-state index >= 15 is 0 Å². The van der Waals surface area contributed by atoms with E-state index < -0.39 is 0 Å². The SMILES string of the molecule is CCN1CCN(c2cc3nc(-c4ccc(OC)cc4)[nH]c3cc2F)CC1. The molecular weight excluding hydrogens is 331 g/mol. The number of likely N-dealkylation sites (N-methyl/N-ethyl adjacent to an activating group) is 1. The van der Waals surface area contributed by atoms with E-state index in [0.29, 0.717) is 11.2 Å². The second-order valence-corrected chi connectivity index (χ2v) is 6.56. The van der Waals surface area contributed by atoms with E-state index in [1.54, 1.807) is 13.2 Å². The molecule has 2 heterocycles. The van der Waals surface area contributed by atoms with Crippen LogP contribution < -0.4 is 9.64 Å². The van der Waals surface area contributed by atoms with Crippen LogP contribution >= 0.6 is 0 Å². The van der Waals surface area contributed by atoms with E-state index in [-0.39, 0.29) is 5.82 Å². The number of nitrogens with zero attached hydrogens (tertiary/aromatic N) is 3. The lowest BCUT2D eigenvalue weighted by atomic mass is 10.2. The van der Waals surface area contributed by atoms with Gasteiger partial charge >= 0.3 is 0 Å². The molecule has 0 unspecified atom stereocenters. The maximum Gasteiger partial charge on any atom is 0.148 e. The molecule has 0 aliphatic carbocycles. The van der Waals surface area contributed by atoms with Gasteiger partial charge in [0.1, 0.15) is 17.4 Å². The van der Waals surface area contributed by atoms with Gasteiger partial charge in [0.15, 0.2) is 0 Å². The zero-order valence-electron chi connectivity index (χ0n) is 15.1. The van der Waals surface area contributed by atoms with Crippen molar-refractivity contribution < 1.29 is 9.13 Å². The quantitative estimate of drug-likeness (QED) is 0.779. The minimum Gasteiger partial charge on any atom is -0.497 e. The summed E-state index contributed by atoms with van der Waals surface area (Å²) in [4.78, 5) is 12.4. The number of aromatic nitrogens is 2. The van der Waals surface area contributed by atoms with Crippen molar-refractivity contribution >= 4 is 16.7 Å². The fourth-order valence-corrected chi connectivity index (χ4v) is 3.45. The number of rotatable bonds is 4. The van der Waals surface area contributed by atoms with Gasteiger partial charge in [0.05, 0.1) is 23.8 Å². The van der Waals surface area contributed by atoms with E-state index in [0.717, 1.165) is 55.4 Å². The molecule has 3 aromatic rings. The highest BCUT2D eigenvalue weighted by atomic mass is 19.1. The first-order chi connectivity index (χ1) is 12.7. The maximum atomic E-state index is 14.7. The Morgan fingerprint density at radius 1 is 1.12 bits per heavy atom. The number of H-pyrrole nitrogens is 1. The second-order valence-electron chi connectivity index (χ2n) is 6.56. The molecule has 1 aromatic heterocycles. The number of ether oxygens (including phenoxy) is 1. The summed E-state index contributed by atoms with van der Waals surface area (Å²) in [5.41, 5.74) is 3.08. The molecule has 5 nitrogen and oxygen atoms in total. The first kappa shape index (κ1) is 16.8. The van der Waals surface area contributed by atoms with Gasteiger partial charge in [-0.05, 0) is 36.9 Å². The number of hydrogen-bond acceptors (Lipinski definition) is 4. The van der Waals surface area contributed by atoms with Crippen LogP contribution in [-0.4, -0.2) is 54.7 Å². The normalized spacial score (nSPS) is 15.6. The molecule has 26 heavy (non-hydrogen) atoms. The van der Waals surface area contributed by atoms with Crippen LogP contribution in [0.3, 0.4) is 0 Å². The van der Waals surface area contributed by atoms with Crippen LogP contribution in [0.5, 0.6) is 5.75 Å². The summed E-state index contributed by atoms with van der Waals surface area (Å²) in [7, 11) is 1.64. The van der Waals surface area contributed by atoms with Gasteiger partial charge < -0.3 is 19.5 Å². The lowest BCUT2D eigenvalue weighted by Crippen LogP contribution is -2.46. The number of anilines is 1. The van der Waals surface area contributed by atoms with Gasteiger partial charge in [0.25, 0.3) is 0 Å². The summed E-state index contributed by atoms with van der Waals surface area (Å²) in [6, 6.07) is 11.1. The van der Waals surface area contributed by atoms with Gasteiger partial charge in [-0.3, -0.25) is 0 Å². The van der Waals surface area contributed by atoms with E-state index in [4.69, 9.17) is 4.74 Å². The average Bonchev–Trinajstić information content (AvgIpc) is 3.10. The second kappa shape index (κ2) is 6.96. The molecule has 2 aromatic carbocycles. The molecule has 4 rings (SSSR count). The number of piperazine rings is 1. The Morgan fingerprint density at radius 3 is 2.50 bits per heavy atom. The van der Waals surface area contributed by atoms with Crippen molar-refractivity contribution in [2.45, 2.75) is 6.92 Å². The third kappa shape index (κ3) is 3.12. The Morgan fingerprint density at radius 2 is 1.85 bits per heavy atom. The Kier molecular flexibility index (Phi) is 4.51. The van der Waals surface area contributed by atoms with Crippen molar-refractivity contribution in [1.29, 1.82) is 0 Å². The number of fused-ring (bicyclic) bond motifs is 1. The third-order valence-corrected chi connectivity index (χ3v) is 5.07. The van der Waals surface area contributed by atoms with Crippen LogP contribution in [0.2, 0.25) is 0 Å². The summed E-state index contributed by atoms with van der Waals surface area (Å²) in [6.07, 6.45) is 0. The Labute approximate surface area is 152 Å². The van der Waals surface area contributed by atoms with Crippen molar-refractivity contribution in [3.8, 4) is 17.1 Å². The number of nitrogens with one attached hydrogen (secondary N) is 1. The zero-order valence-corrected chi connectivity index (χ0v) is 15.1. The first-order valence-electron chi connectivity index (χ1n) is 8.99. The minimum absolute atomic E-state index is 0.202. The standard InChI is InChI=1S/C20H23FN4O/c1-3-24-8-10-25(11-9-24)19-13-18-17(12-16(19)21)22-20(23-18)14-4-6-15(26-2)7-5-14/h4-7,12-13H,3,8-11H2,1-2H3,(H,22,23). The van der Waals surface area contributed by atoms with Crippen molar-refractivity contribution in [1.82, 2.24) is 14.9 Å². The predicted octanol–water partition coefficient (Wildman–Crippen LogP) is 3.52. The predicted molar refractivity (Wildman–Crippen MR) is 102 cm³/mol. The van der Waals surface area contributed by atoms with E-state index in [1.165, 1.54) is 0 Å². The van der Waals surface area contributed by atoms with E-state index in [1.807, 2.05) is 30.3 Å². The van der Waals surface area contributed by atoms with Gasteiger partial charge in [0.2, 0.25) is 0 Å². The number of hydrogen-bond donors (Lipinski definition) is 1. The van der Waals surface area contributed by atoms with Crippen molar-refractivity contribution in [3.05, 3.63) is 42.2 Å². The number of benzene rings is 2. The summed E-state index contributed by atoms with van der Waals surface area (Å²) in [5, 5.41) is 0. The lowest BCUT2D eigenvalue weighted by Gasteiger charge is -2.35. The lowest BCUT2D eigenvalue weighted by molar-refractivity contribution is 0.270. The van der Waals surface area contributed by atoms with Crippen molar-refractivity contribution in [2.75, 3.05) is 44.7 Å². The molecule has 0 bridgehead atoms. The number of aromatic amines is 1. The molecule has 1 N–H and O–H groups in total. The molecule has 1 aliphatic rings. The highest BCUT2D eigenvalue weighted by Gasteiger charge is 2.20. The summed E-state index contributed by atoms with van der Waals surface area (Å²) < 4.78 is 19.9. The fraction of sp³-hybridized carbons (Fsp3) is 0.350. The van der Waals surface area contributed by atoms with Gasteiger partial charge in [-0.15, -0.1) is 0 Å². The van der Waals surface area contributed by atoms with Crippen LogP contribution in [0.1, 0.15) is 6.92 Å². The molecular formula is C20H23FN4O. The van der Waals surface area contributed by atoms with Gasteiger partial charge in [-0.25, -0.2) is 9.37 Å². The minimum atomic E-state index is -0.202. The Bertz CT molecular complexity index is 898. The first-order valence-corrected chi connectivity index (χ1v) is 8.99. The topological polar surface area (TPSA) is 44.4 Å². The molecule has 0 amide bonds. The van der Waals surface area contributed by atoms with Crippen LogP contribution in [0, 0.1) is 5.82 Å². The fourth-order valence-electron chi connectivity index (χ4n) is 3.45. The highest BCUT2D eigenvalue weighted by Crippen LogP contribution is 2.28. The zero-order chi connectivity index (χ0) is 18.1. The maximum absolute atomic E-state index is 14.7. The third-order valence-electron chi connectivity index (χ3n) is 5.07. The van der Waals surface area contributed by atoms with Crippen LogP contribution in [0.15, 0.2) is 36.4 Å². The molecule has 1 saturated heterocycles. The molecule has 0 radical (unpaired) electrons. The number of halogens is 1. The van der Waals surface area contributed by atoms with Crippen LogP contribution in [-0.2, 0) is 0 Å². The van der Waals surface area contributed by atoms with Crippen LogP contribution in [0.25, 0.3) is 22.4 Å². The molecule has 0 spiro atoms. The smallest absolute Gasteiger partial charge is 0.148 e. The van der Waals surface area contributed by atoms with E-state index in [2.05, 4.69) is 26.7 Å². The van der Waals surface area contributed by atoms with Crippen molar-refractivity contribution in [2.24, 2.45) is 0 Å². The van der Waals surface area contributed by atoms with Gasteiger partial charge in [-0.2, -0.15) is 0 Å². The molecule has 0 saturated carbocycles. The Balaban J connectivity index is 1.64. The molecule has 0 atom stereocenters. The Hall–Kier alpha value is -2.60. The van der Waals surface area contributed by atoms with Crippen molar-refractivity contribution in [3.63, 3.8) is 0 Å². The summed E-state index contributed by atoms with van der Waals surface area (Å²) in [6.45, 7) is 6.81. The van der Waals surface area contributed by atoms with Gasteiger partial charge in [0, 0.05) is 37.8 Å². The molecule has 1 aliphatic heterocycles. The monoisotopic (exact) mass is 354 g/mol. The van der Waals surface area contributed by atoms with E-state index in [9.17, 15) is 4.39 Å². The average molecular weight is 354 g/mol. The van der Waals surface area contributed by atoms with Crippen LogP contribution in [0.4, 0.5) is 10.1 Å². The highest BCUT2D eigenvalue weighted by molar-refractivity contribution is 5.83.